The van der Waals surface area contributed by atoms with E-state index in [0.29, 0.717) is 18.0 Å². The second-order valence-electron chi connectivity index (χ2n) is 32.3. The summed E-state index contributed by atoms with van der Waals surface area (Å²) in [4.78, 5) is 8.34. The lowest BCUT2D eigenvalue weighted by molar-refractivity contribution is 0.179. The van der Waals surface area contributed by atoms with Crippen molar-refractivity contribution in [3.63, 3.8) is 0 Å². The SMILES string of the molecule is CC1CC2CC(C)N(c3ccc4c(c3)N(c3c(-c5ccccc5)cccc3-c3ccccc3)c3cc(-n5c6ccc(C(C)(C)C)cc6c6cc(C(C)(C)C)ccc65)cc5c3B4c3cc(-c4ccc(C(C)(C)C)cc4)ccc3N5c3c(-c4ccccc4)cccc3-c3ccccc3)C(C1)C2. The molecule has 1 saturated heterocycles. The molecule has 488 valence electrons. The average molecular weight is 1290 g/mol. The smallest absolute Gasteiger partial charge is 0.252 e. The molecule has 2 fully saturated rings. The number of fused-ring (bicyclic) bond motifs is 9. The first-order valence-electron chi connectivity index (χ1n) is 36.3. The van der Waals surface area contributed by atoms with Crippen LogP contribution in [0.2, 0.25) is 0 Å². The van der Waals surface area contributed by atoms with Crippen molar-refractivity contribution in [2.24, 2.45) is 11.8 Å². The van der Waals surface area contributed by atoms with Gasteiger partial charge >= 0.3 is 0 Å². The largest absolute Gasteiger partial charge is 0.366 e. The van der Waals surface area contributed by atoms with Gasteiger partial charge in [-0.2, -0.15) is 0 Å². The summed E-state index contributed by atoms with van der Waals surface area (Å²) in [5.41, 5.74) is 31.3. The first kappa shape index (κ1) is 62.4. The molecular formula is C94H89BN4. The van der Waals surface area contributed by atoms with Crippen molar-refractivity contribution >= 4 is 84.7 Å². The van der Waals surface area contributed by atoms with Gasteiger partial charge in [-0.05, 0) is 182 Å². The number of nitrogens with zero attached hydrogens (tertiary/aromatic N) is 4. The number of benzene rings is 12. The Morgan fingerprint density at radius 3 is 1.25 bits per heavy atom. The van der Waals surface area contributed by atoms with Crippen LogP contribution < -0.4 is 31.1 Å². The van der Waals surface area contributed by atoms with Crippen molar-refractivity contribution in [3.8, 4) is 61.3 Å². The van der Waals surface area contributed by atoms with E-state index in [4.69, 9.17) is 0 Å². The van der Waals surface area contributed by atoms with Gasteiger partial charge in [0.1, 0.15) is 0 Å². The Kier molecular flexibility index (Phi) is 15.0. The van der Waals surface area contributed by atoms with E-state index in [1.165, 1.54) is 131 Å². The summed E-state index contributed by atoms with van der Waals surface area (Å²) in [5, 5.41) is 2.53. The van der Waals surface area contributed by atoms with Gasteiger partial charge in [0.15, 0.2) is 0 Å². The summed E-state index contributed by atoms with van der Waals surface area (Å²) in [7, 11) is 0. The van der Waals surface area contributed by atoms with E-state index in [-0.39, 0.29) is 23.0 Å². The van der Waals surface area contributed by atoms with Crippen LogP contribution in [0.4, 0.5) is 39.8 Å². The first-order valence-corrected chi connectivity index (χ1v) is 36.3. The molecule has 0 spiro atoms. The molecule has 17 rings (SSSR count). The molecule has 1 saturated carbocycles. The molecule has 1 aromatic heterocycles. The third kappa shape index (κ3) is 10.7. The predicted molar refractivity (Wildman–Crippen MR) is 425 cm³/mol. The van der Waals surface area contributed by atoms with Crippen LogP contribution >= 0.6 is 0 Å². The van der Waals surface area contributed by atoms with E-state index in [1.807, 2.05) is 0 Å². The maximum atomic E-state index is 2.86. The summed E-state index contributed by atoms with van der Waals surface area (Å²) in [6.45, 7) is 25.8. The molecular weight excluding hydrogens is 1200 g/mol. The maximum Gasteiger partial charge on any atom is 0.252 e. The van der Waals surface area contributed by atoms with Gasteiger partial charge in [0.05, 0.1) is 28.1 Å². The monoisotopic (exact) mass is 1280 g/mol. The van der Waals surface area contributed by atoms with Gasteiger partial charge in [-0.1, -0.05) is 282 Å². The van der Waals surface area contributed by atoms with Gasteiger partial charge in [0.2, 0.25) is 0 Å². The maximum absolute atomic E-state index is 2.86. The molecule has 5 heteroatoms. The van der Waals surface area contributed by atoms with E-state index >= 15 is 0 Å². The zero-order valence-electron chi connectivity index (χ0n) is 59.4. The molecule has 99 heavy (non-hydrogen) atoms. The van der Waals surface area contributed by atoms with Crippen molar-refractivity contribution < 1.29 is 0 Å². The highest BCUT2D eigenvalue weighted by Crippen LogP contribution is 2.55. The highest BCUT2D eigenvalue weighted by molar-refractivity contribution is 7.00. The zero-order chi connectivity index (χ0) is 67.8. The normalized spacial score (nSPS) is 17.4. The topological polar surface area (TPSA) is 14.7 Å². The predicted octanol–water partition coefficient (Wildman–Crippen LogP) is 23.5. The molecule has 0 N–H and O–H groups in total. The van der Waals surface area contributed by atoms with Crippen LogP contribution in [0.25, 0.3) is 83.1 Å². The number of rotatable bonds is 9. The molecule has 2 bridgehead atoms. The Hall–Kier alpha value is -10.1. The lowest BCUT2D eigenvalue weighted by Gasteiger charge is -2.51. The number of hydrogen-bond donors (Lipinski definition) is 0. The van der Waals surface area contributed by atoms with E-state index in [0.717, 1.165) is 56.6 Å². The fourth-order valence-corrected chi connectivity index (χ4v) is 17.8. The molecule has 0 radical (unpaired) electrons. The van der Waals surface area contributed by atoms with Crippen LogP contribution in [0, 0.1) is 11.8 Å². The second-order valence-corrected chi connectivity index (χ2v) is 32.3. The van der Waals surface area contributed by atoms with Crippen LogP contribution in [0.15, 0.2) is 267 Å². The minimum Gasteiger partial charge on any atom is -0.366 e. The molecule has 3 aliphatic heterocycles. The molecule has 0 amide bonds. The molecule has 4 aliphatic rings. The van der Waals surface area contributed by atoms with Crippen LogP contribution in [-0.4, -0.2) is 23.4 Å². The summed E-state index contributed by atoms with van der Waals surface area (Å²) >= 11 is 0. The number of para-hydroxylation sites is 2. The molecule has 4 heterocycles. The standard InChI is InChI=1S/C94H89BN4/c1-60-50-62-52-61(2)96(73(51-60)53-62)72-45-46-81-86(57-72)99(91-77(66-30-20-14-21-31-66)36-25-37-78(91)67-32-22-15-23-33-67)88-59-74(97-83-48-43-70(93(6,7)8)55-79(83)80-56-71(94(9,10)11)44-49-84(80)97)58-87-89(88)95(81)82-54-68(63-38-41-69(42-39-63)92(3,4)5)40-47-85(82)98(87)90-75(64-26-16-12-17-27-64)34-24-35-76(90)65-28-18-13-19-29-65/h12-49,54-62,73H,50-53H2,1-11H3. The molecule has 1 aliphatic carbocycles. The van der Waals surface area contributed by atoms with Gasteiger partial charge in [-0.3, -0.25) is 0 Å². The molecule has 13 aromatic rings. The quantitative estimate of drug-likeness (QED) is 0.134. The van der Waals surface area contributed by atoms with Gasteiger partial charge in [-0.15, -0.1) is 0 Å². The Bertz CT molecular complexity index is 5070. The highest BCUT2D eigenvalue weighted by Gasteiger charge is 2.47. The molecule has 12 aromatic carbocycles. The van der Waals surface area contributed by atoms with Crippen LogP contribution in [0.1, 0.15) is 119 Å². The lowest BCUT2D eigenvalue weighted by atomic mass is 9.33. The number of anilines is 7. The van der Waals surface area contributed by atoms with E-state index in [1.54, 1.807) is 0 Å². The Morgan fingerprint density at radius 1 is 0.333 bits per heavy atom. The Balaban J connectivity index is 1.06. The molecule has 4 nitrogen and oxygen atoms in total. The van der Waals surface area contributed by atoms with Gasteiger partial charge in [-0.25, -0.2) is 0 Å². The van der Waals surface area contributed by atoms with Gasteiger partial charge < -0.3 is 19.3 Å². The summed E-state index contributed by atoms with van der Waals surface area (Å²) in [6, 6.07) is 104. The fraction of sp³-hybridized carbons (Fsp3) is 0.234. The molecule has 4 atom stereocenters. The summed E-state index contributed by atoms with van der Waals surface area (Å²) < 4.78 is 2.62. The van der Waals surface area contributed by atoms with Crippen LogP contribution in [0.5, 0.6) is 0 Å². The van der Waals surface area contributed by atoms with Gasteiger partial charge in [0, 0.05) is 73.5 Å². The molecule has 4 unspecified atom stereocenters. The summed E-state index contributed by atoms with van der Waals surface area (Å²) in [5.74, 6) is 1.44. The second kappa shape index (κ2) is 23.8. The van der Waals surface area contributed by atoms with Crippen molar-refractivity contribution in [1.29, 1.82) is 0 Å². The first-order chi connectivity index (χ1) is 47.8. The van der Waals surface area contributed by atoms with Crippen LogP contribution in [-0.2, 0) is 16.2 Å². The van der Waals surface area contributed by atoms with E-state index in [9.17, 15) is 0 Å². The van der Waals surface area contributed by atoms with E-state index in [2.05, 4.69) is 362 Å². The number of hydrogen-bond acceptors (Lipinski definition) is 3. The Labute approximate surface area is 587 Å². The third-order valence-corrected chi connectivity index (χ3v) is 22.6. The van der Waals surface area contributed by atoms with E-state index < -0.39 is 0 Å². The van der Waals surface area contributed by atoms with Crippen molar-refractivity contribution in [2.75, 3.05) is 14.7 Å². The lowest BCUT2D eigenvalue weighted by Crippen LogP contribution is -2.61. The third-order valence-electron chi connectivity index (χ3n) is 22.6. The highest BCUT2D eigenvalue weighted by atomic mass is 15.2. The van der Waals surface area contributed by atoms with Crippen molar-refractivity contribution in [2.45, 2.75) is 130 Å². The summed E-state index contributed by atoms with van der Waals surface area (Å²) in [6.07, 6.45) is 4.99. The zero-order valence-corrected chi connectivity index (χ0v) is 59.4. The fourth-order valence-electron chi connectivity index (χ4n) is 17.8. The minimum absolute atomic E-state index is 0.0133. The van der Waals surface area contributed by atoms with Gasteiger partial charge in [0.25, 0.3) is 6.71 Å². The van der Waals surface area contributed by atoms with Crippen LogP contribution in [0.3, 0.4) is 0 Å². The van der Waals surface area contributed by atoms with Crippen molar-refractivity contribution in [1.82, 2.24) is 4.57 Å². The average Bonchev–Trinajstić information content (AvgIpc) is 1.22. The number of piperidine rings is 1. The minimum atomic E-state index is -0.197. The Morgan fingerprint density at radius 2 is 0.778 bits per heavy atom. The number of aromatic nitrogens is 1. The van der Waals surface area contributed by atoms with Crippen molar-refractivity contribution in [3.05, 3.63) is 284 Å².